The van der Waals surface area contributed by atoms with Gasteiger partial charge in [0.1, 0.15) is 12.4 Å². The number of hydrogen-bond acceptors (Lipinski definition) is 4. The van der Waals surface area contributed by atoms with E-state index in [0.29, 0.717) is 5.56 Å². The van der Waals surface area contributed by atoms with Gasteiger partial charge in [0.05, 0.1) is 6.04 Å². The average Bonchev–Trinajstić information content (AvgIpc) is 2.39. The second kappa shape index (κ2) is 5.69. The number of carbonyl (C=O) groups is 1. The topological polar surface area (TPSA) is 84.6 Å². The van der Waals surface area contributed by atoms with E-state index in [1.165, 1.54) is 0 Å². The molecule has 0 aliphatic carbocycles. The number of fused-ring (bicyclic) bond motifs is 1. The zero-order chi connectivity index (χ0) is 13.8. The van der Waals surface area contributed by atoms with E-state index in [1.807, 2.05) is 43.3 Å². The van der Waals surface area contributed by atoms with Crippen LogP contribution in [0.15, 0.2) is 36.4 Å². The first-order valence-electron chi connectivity index (χ1n) is 5.96. The Morgan fingerprint density at radius 3 is 2.84 bits per heavy atom. The van der Waals surface area contributed by atoms with Crippen molar-refractivity contribution in [2.24, 2.45) is 5.73 Å². The molecule has 0 aromatic heterocycles. The summed E-state index contributed by atoms with van der Waals surface area (Å²) in [7, 11) is 0. The molecule has 0 radical (unpaired) electrons. The molecule has 0 heterocycles. The number of hydrogen-bond donors (Lipinski definition) is 3. The van der Waals surface area contributed by atoms with Gasteiger partial charge in [-0.3, -0.25) is 9.63 Å². The van der Waals surface area contributed by atoms with E-state index in [1.54, 1.807) is 0 Å². The molecule has 5 nitrogen and oxygen atoms in total. The Morgan fingerprint density at radius 1 is 1.37 bits per heavy atom. The Morgan fingerprint density at radius 2 is 2.11 bits per heavy atom. The third-order valence-corrected chi connectivity index (χ3v) is 2.87. The SMILES string of the molecule is CC(NOCC(N)=O)c1ccc2ccccc2c1O. The molecule has 4 N–H and O–H groups in total. The zero-order valence-electron chi connectivity index (χ0n) is 10.6. The lowest BCUT2D eigenvalue weighted by molar-refractivity contribution is -0.126. The van der Waals surface area contributed by atoms with E-state index < -0.39 is 5.91 Å². The number of nitrogens with one attached hydrogen (secondary N) is 1. The minimum absolute atomic E-state index is 0.209. The van der Waals surface area contributed by atoms with Crippen molar-refractivity contribution in [3.05, 3.63) is 42.0 Å². The highest BCUT2D eigenvalue weighted by Gasteiger charge is 2.13. The Hall–Kier alpha value is -2.11. The molecule has 2 rings (SSSR count). The summed E-state index contributed by atoms with van der Waals surface area (Å²) in [5, 5.41) is 12.0. The van der Waals surface area contributed by atoms with E-state index in [-0.39, 0.29) is 18.4 Å². The predicted molar refractivity (Wildman–Crippen MR) is 72.3 cm³/mol. The van der Waals surface area contributed by atoms with Crippen molar-refractivity contribution < 1.29 is 14.7 Å². The van der Waals surface area contributed by atoms with Crippen LogP contribution < -0.4 is 11.2 Å². The van der Waals surface area contributed by atoms with E-state index in [9.17, 15) is 9.90 Å². The van der Waals surface area contributed by atoms with Crippen LogP contribution in [0, 0.1) is 0 Å². The third kappa shape index (κ3) is 3.01. The number of hydroxylamine groups is 1. The maximum atomic E-state index is 10.6. The van der Waals surface area contributed by atoms with Gasteiger partial charge in [-0.25, -0.2) is 0 Å². The van der Waals surface area contributed by atoms with Crippen molar-refractivity contribution in [1.82, 2.24) is 5.48 Å². The largest absolute Gasteiger partial charge is 0.507 e. The van der Waals surface area contributed by atoms with Crippen LogP contribution in [0.2, 0.25) is 0 Å². The fourth-order valence-electron chi connectivity index (χ4n) is 1.92. The van der Waals surface area contributed by atoms with Crippen molar-refractivity contribution in [2.75, 3.05) is 6.61 Å². The highest BCUT2D eigenvalue weighted by molar-refractivity contribution is 5.89. The molecule has 0 bridgehead atoms. The number of phenolic OH excluding ortho intramolecular Hbond substituents is 1. The van der Waals surface area contributed by atoms with Crippen LogP contribution in [0.3, 0.4) is 0 Å². The van der Waals surface area contributed by atoms with Gasteiger partial charge < -0.3 is 10.8 Å². The Bertz CT molecular complexity index is 598. The van der Waals surface area contributed by atoms with Crippen molar-refractivity contribution in [2.45, 2.75) is 13.0 Å². The molecule has 0 fully saturated rings. The summed E-state index contributed by atoms with van der Waals surface area (Å²) >= 11 is 0. The molecule has 0 aliphatic heterocycles. The van der Waals surface area contributed by atoms with Crippen molar-refractivity contribution in [1.29, 1.82) is 0 Å². The minimum Gasteiger partial charge on any atom is -0.507 e. The number of nitrogens with two attached hydrogens (primary N) is 1. The van der Waals surface area contributed by atoms with Crippen molar-refractivity contribution in [3.8, 4) is 5.75 Å². The van der Waals surface area contributed by atoms with Gasteiger partial charge in [-0.15, -0.1) is 0 Å². The summed E-state index contributed by atoms with van der Waals surface area (Å²) in [6.07, 6.45) is 0. The second-order valence-electron chi connectivity index (χ2n) is 4.32. The Kier molecular flexibility index (Phi) is 3.99. The average molecular weight is 260 g/mol. The summed E-state index contributed by atoms with van der Waals surface area (Å²) in [4.78, 5) is 15.5. The molecule has 2 aromatic rings. The van der Waals surface area contributed by atoms with Crippen LogP contribution in [0.5, 0.6) is 5.75 Å². The standard InChI is InChI=1S/C14H16N2O3/c1-9(16-19-8-13(15)17)11-7-6-10-4-2-3-5-12(10)14(11)18/h2-7,9,16,18H,8H2,1H3,(H2,15,17). The fraction of sp³-hybridized carbons (Fsp3) is 0.214. The first-order valence-corrected chi connectivity index (χ1v) is 5.96. The fourth-order valence-corrected chi connectivity index (χ4v) is 1.92. The molecular weight excluding hydrogens is 244 g/mol. The summed E-state index contributed by atoms with van der Waals surface area (Å²) in [5.74, 6) is -0.344. The Balaban J connectivity index is 2.20. The van der Waals surface area contributed by atoms with Gasteiger partial charge in [0.15, 0.2) is 0 Å². The van der Waals surface area contributed by atoms with Crippen LogP contribution in [-0.4, -0.2) is 17.6 Å². The van der Waals surface area contributed by atoms with Gasteiger partial charge in [0.25, 0.3) is 0 Å². The number of amides is 1. The van der Waals surface area contributed by atoms with Crippen LogP contribution in [0.1, 0.15) is 18.5 Å². The van der Waals surface area contributed by atoms with Gasteiger partial charge in [-0.05, 0) is 12.3 Å². The highest BCUT2D eigenvalue weighted by Crippen LogP contribution is 2.32. The first-order chi connectivity index (χ1) is 9.09. The lowest BCUT2D eigenvalue weighted by Gasteiger charge is -2.16. The number of benzene rings is 2. The molecule has 1 unspecified atom stereocenters. The molecule has 0 saturated carbocycles. The third-order valence-electron chi connectivity index (χ3n) is 2.87. The van der Waals surface area contributed by atoms with Crippen molar-refractivity contribution in [3.63, 3.8) is 0 Å². The summed E-state index contributed by atoms with van der Waals surface area (Å²) in [6.45, 7) is 1.61. The quantitative estimate of drug-likeness (QED) is 0.713. The molecule has 1 amide bonds. The van der Waals surface area contributed by atoms with Gasteiger partial charge in [-0.2, -0.15) is 5.48 Å². The number of aromatic hydroxyl groups is 1. The van der Waals surface area contributed by atoms with Crippen LogP contribution in [0.4, 0.5) is 0 Å². The summed E-state index contributed by atoms with van der Waals surface area (Å²) in [5.41, 5.74) is 8.34. The number of primary amides is 1. The normalized spacial score (nSPS) is 12.5. The van der Waals surface area contributed by atoms with Gasteiger partial charge in [0.2, 0.25) is 5.91 Å². The molecule has 1 atom stereocenters. The molecule has 0 aliphatic rings. The molecular formula is C14H16N2O3. The maximum absolute atomic E-state index is 10.6. The second-order valence-corrected chi connectivity index (χ2v) is 4.32. The van der Waals surface area contributed by atoms with E-state index >= 15 is 0 Å². The van der Waals surface area contributed by atoms with Crippen LogP contribution in [0.25, 0.3) is 10.8 Å². The molecule has 5 heteroatoms. The maximum Gasteiger partial charge on any atom is 0.245 e. The van der Waals surface area contributed by atoms with Crippen LogP contribution >= 0.6 is 0 Å². The first kappa shape index (κ1) is 13.3. The number of rotatable bonds is 5. The molecule has 0 spiro atoms. The summed E-state index contributed by atoms with van der Waals surface area (Å²) in [6, 6.07) is 11.1. The smallest absolute Gasteiger partial charge is 0.245 e. The molecule has 0 saturated heterocycles. The number of carbonyl (C=O) groups excluding carboxylic acids is 1. The molecule has 100 valence electrons. The van der Waals surface area contributed by atoms with Crippen molar-refractivity contribution >= 4 is 16.7 Å². The molecule has 2 aromatic carbocycles. The van der Waals surface area contributed by atoms with Gasteiger partial charge in [0, 0.05) is 10.9 Å². The highest BCUT2D eigenvalue weighted by atomic mass is 16.6. The van der Waals surface area contributed by atoms with E-state index in [4.69, 9.17) is 10.6 Å². The minimum atomic E-state index is -0.553. The monoisotopic (exact) mass is 260 g/mol. The van der Waals surface area contributed by atoms with Gasteiger partial charge in [-0.1, -0.05) is 36.4 Å². The zero-order valence-corrected chi connectivity index (χ0v) is 10.6. The summed E-state index contributed by atoms with van der Waals surface area (Å²) < 4.78 is 0. The van der Waals surface area contributed by atoms with E-state index in [0.717, 1.165) is 10.8 Å². The van der Waals surface area contributed by atoms with Gasteiger partial charge >= 0.3 is 0 Å². The lowest BCUT2D eigenvalue weighted by atomic mass is 10.0. The predicted octanol–water partition coefficient (Wildman–Crippen LogP) is 1.61. The lowest BCUT2D eigenvalue weighted by Crippen LogP contribution is -2.26. The van der Waals surface area contributed by atoms with Crippen LogP contribution in [-0.2, 0) is 9.63 Å². The number of phenols is 1. The molecule has 19 heavy (non-hydrogen) atoms. The Labute approximate surface area is 110 Å². The van der Waals surface area contributed by atoms with E-state index in [2.05, 4.69) is 5.48 Å².